The molecule has 1 aliphatic heterocycles. The predicted octanol–water partition coefficient (Wildman–Crippen LogP) is 1.37. The Morgan fingerprint density at radius 3 is 2.74 bits per heavy atom. The number of hydrogen-bond acceptors (Lipinski definition) is 5. The molecule has 2 rings (SSSR count). The maximum absolute atomic E-state index is 11.9. The van der Waals surface area contributed by atoms with Crippen LogP contribution < -0.4 is 5.32 Å². The van der Waals surface area contributed by atoms with Crippen molar-refractivity contribution in [2.75, 3.05) is 39.4 Å². The van der Waals surface area contributed by atoms with E-state index >= 15 is 0 Å². The molecule has 1 aromatic rings. The van der Waals surface area contributed by atoms with Crippen LogP contribution in [0.4, 0.5) is 5.69 Å². The number of morpholine rings is 1. The van der Waals surface area contributed by atoms with Crippen LogP contribution in [0.1, 0.15) is 18.4 Å². The number of amides is 1. The van der Waals surface area contributed by atoms with Crippen LogP contribution in [0.3, 0.4) is 0 Å². The van der Waals surface area contributed by atoms with Crippen molar-refractivity contribution in [2.24, 2.45) is 0 Å². The zero-order chi connectivity index (χ0) is 16.5. The lowest BCUT2D eigenvalue weighted by atomic mass is 10.1. The molecule has 0 atom stereocenters. The zero-order valence-corrected chi connectivity index (χ0v) is 13.2. The minimum Gasteiger partial charge on any atom is -0.379 e. The van der Waals surface area contributed by atoms with E-state index in [2.05, 4.69) is 10.2 Å². The smallest absolute Gasteiger partial charge is 0.273 e. The number of nitro benzene ring substituents is 1. The fraction of sp³-hybridized carbons (Fsp3) is 0.562. The van der Waals surface area contributed by atoms with Crippen molar-refractivity contribution >= 4 is 11.6 Å². The van der Waals surface area contributed by atoms with Gasteiger partial charge in [-0.15, -0.1) is 0 Å². The fourth-order valence-electron chi connectivity index (χ4n) is 2.59. The van der Waals surface area contributed by atoms with Crippen molar-refractivity contribution in [3.8, 4) is 0 Å². The number of carbonyl (C=O) groups is 1. The number of hydrogen-bond donors (Lipinski definition) is 1. The van der Waals surface area contributed by atoms with Gasteiger partial charge in [0.25, 0.3) is 5.69 Å². The molecule has 1 heterocycles. The van der Waals surface area contributed by atoms with Gasteiger partial charge in [0.1, 0.15) is 0 Å². The fourth-order valence-corrected chi connectivity index (χ4v) is 2.59. The van der Waals surface area contributed by atoms with Crippen LogP contribution in [0.2, 0.25) is 0 Å². The second kappa shape index (κ2) is 9.22. The Bertz CT molecular complexity index is 530. The molecule has 126 valence electrons. The molecule has 1 N–H and O–H groups in total. The molecule has 1 fully saturated rings. The van der Waals surface area contributed by atoms with E-state index < -0.39 is 4.92 Å². The third kappa shape index (κ3) is 5.96. The van der Waals surface area contributed by atoms with Crippen LogP contribution in [-0.4, -0.2) is 55.1 Å². The Balaban J connectivity index is 1.64. The van der Waals surface area contributed by atoms with Crippen molar-refractivity contribution in [1.29, 1.82) is 0 Å². The number of nitro groups is 1. The third-order valence-corrected chi connectivity index (χ3v) is 3.87. The van der Waals surface area contributed by atoms with Gasteiger partial charge < -0.3 is 10.1 Å². The first-order valence-electron chi connectivity index (χ1n) is 7.96. The molecule has 0 aromatic heterocycles. The Labute approximate surface area is 135 Å². The maximum atomic E-state index is 11.9. The number of nitrogens with zero attached hydrogens (tertiary/aromatic N) is 2. The minimum absolute atomic E-state index is 0.00466. The number of rotatable bonds is 8. The van der Waals surface area contributed by atoms with Crippen LogP contribution >= 0.6 is 0 Å². The van der Waals surface area contributed by atoms with E-state index in [0.29, 0.717) is 12.1 Å². The van der Waals surface area contributed by atoms with Gasteiger partial charge in [0.2, 0.25) is 5.91 Å². The van der Waals surface area contributed by atoms with E-state index in [1.807, 2.05) is 0 Å². The maximum Gasteiger partial charge on any atom is 0.273 e. The molecule has 1 amide bonds. The molecule has 23 heavy (non-hydrogen) atoms. The molecule has 7 heteroatoms. The molecular formula is C16H23N3O4. The summed E-state index contributed by atoms with van der Waals surface area (Å²) in [4.78, 5) is 24.7. The van der Waals surface area contributed by atoms with Gasteiger partial charge in [-0.05, 0) is 19.4 Å². The average molecular weight is 321 g/mol. The molecule has 7 nitrogen and oxygen atoms in total. The molecule has 0 unspecified atom stereocenters. The van der Waals surface area contributed by atoms with Crippen molar-refractivity contribution in [1.82, 2.24) is 10.2 Å². The van der Waals surface area contributed by atoms with Gasteiger partial charge >= 0.3 is 0 Å². The van der Waals surface area contributed by atoms with Gasteiger partial charge in [-0.3, -0.25) is 19.8 Å². The molecule has 0 aliphatic carbocycles. The topological polar surface area (TPSA) is 84.7 Å². The van der Waals surface area contributed by atoms with Gasteiger partial charge in [-0.1, -0.05) is 18.2 Å². The molecule has 1 aromatic carbocycles. The molecular weight excluding hydrogens is 298 g/mol. The number of benzene rings is 1. The summed E-state index contributed by atoms with van der Waals surface area (Å²) < 4.78 is 5.30. The lowest BCUT2D eigenvalue weighted by Crippen LogP contribution is -2.37. The van der Waals surface area contributed by atoms with Gasteiger partial charge in [0.15, 0.2) is 0 Å². The highest BCUT2D eigenvalue weighted by Crippen LogP contribution is 2.17. The molecule has 0 saturated carbocycles. The van der Waals surface area contributed by atoms with Crippen LogP contribution in [0, 0.1) is 10.1 Å². The summed E-state index contributed by atoms with van der Waals surface area (Å²) in [5.41, 5.74) is 0.443. The summed E-state index contributed by atoms with van der Waals surface area (Å²) in [6, 6.07) is 6.35. The van der Waals surface area contributed by atoms with Gasteiger partial charge in [0, 0.05) is 31.3 Å². The number of nitrogens with one attached hydrogen (secondary N) is 1. The largest absolute Gasteiger partial charge is 0.379 e. The van der Waals surface area contributed by atoms with Gasteiger partial charge in [-0.25, -0.2) is 0 Å². The van der Waals surface area contributed by atoms with Crippen molar-refractivity contribution in [2.45, 2.75) is 19.3 Å². The van der Waals surface area contributed by atoms with Gasteiger partial charge in [-0.2, -0.15) is 0 Å². The molecule has 0 bridgehead atoms. The quantitative estimate of drug-likeness (QED) is 0.444. The highest BCUT2D eigenvalue weighted by Gasteiger charge is 2.15. The minimum atomic E-state index is -0.453. The van der Waals surface area contributed by atoms with Crippen LogP contribution in [-0.2, 0) is 16.0 Å². The van der Waals surface area contributed by atoms with Crippen LogP contribution in [0.25, 0.3) is 0 Å². The normalized spacial score (nSPS) is 15.3. The van der Waals surface area contributed by atoms with E-state index in [0.717, 1.165) is 45.7 Å². The summed E-state index contributed by atoms with van der Waals surface area (Å²) >= 11 is 0. The molecule has 1 saturated heterocycles. The standard InChI is InChI=1S/C16H23N3O4/c20-16(13-14-5-1-2-6-15(14)19(21)22)17-7-3-4-8-18-9-11-23-12-10-18/h1-2,5-6H,3-4,7-13H2,(H,17,20). The monoisotopic (exact) mass is 321 g/mol. The van der Waals surface area contributed by atoms with Crippen molar-refractivity contribution in [3.63, 3.8) is 0 Å². The molecule has 0 spiro atoms. The van der Waals surface area contributed by atoms with E-state index in [-0.39, 0.29) is 18.0 Å². The van der Waals surface area contributed by atoms with E-state index in [9.17, 15) is 14.9 Å². The number of ether oxygens (including phenoxy) is 1. The summed E-state index contributed by atoms with van der Waals surface area (Å²) in [5.74, 6) is -0.175. The lowest BCUT2D eigenvalue weighted by molar-refractivity contribution is -0.385. The van der Waals surface area contributed by atoms with E-state index in [1.54, 1.807) is 18.2 Å². The molecule has 0 radical (unpaired) electrons. The first kappa shape index (κ1) is 17.4. The second-order valence-corrected chi connectivity index (χ2v) is 5.57. The van der Waals surface area contributed by atoms with Crippen molar-refractivity contribution < 1.29 is 14.5 Å². The lowest BCUT2D eigenvalue weighted by Gasteiger charge is -2.26. The van der Waals surface area contributed by atoms with E-state index in [4.69, 9.17) is 4.74 Å². The Kier molecular flexibility index (Phi) is 6.96. The summed E-state index contributed by atoms with van der Waals surface area (Å²) in [6.07, 6.45) is 1.96. The third-order valence-electron chi connectivity index (χ3n) is 3.87. The first-order valence-corrected chi connectivity index (χ1v) is 7.96. The second-order valence-electron chi connectivity index (χ2n) is 5.57. The number of carbonyl (C=O) groups excluding carboxylic acids is 1. The van der Waals surface area contributed by atoms with Crippen LogP contribution in [0.5, 0.6) is 0 Å². The van der Waals surface area contributed by atoms with Crippen molar-refractivity contribution in [3.05, 3.63) is 39.9 Å². The number of para-hydroxylation sites is 1. The highest BCUT2D eigenvalue weighted by atomic mass is 16.6. The summed E-state index contributed by atoms with van der Waals surface area (Å²) in [7, 11) is 0. The van der Waals surface area contributed by atoms with Gasteiger partial charge in [0.05, 0.1) is 24.6 Å². The SMILES string of the molecule is O=C(Cc1ccccc1[N+](=O)[O-])NCCCCN1CCOCC1. The first-order chi connectivity index (χ1) is 11.2. The number of unbranched alkanes of at least 4 members (excludes halogenated alkanes) is 1. The summed E-state index contributed by atoms with van der Waals surface area (Å²) in [6.45, 7) is 5.17. The zero-order valence-electron chi connectivity index (χ0n) is 13.2. The average Bonchev–Trinajstić information content (AvgIpc) is 2.56. The predicted molar refractivity (Wildman–Crippen MR) is 86.3 cm³/mol. The Morgan fingerprint density at radius 2 is 2.00 bits per heavy atom. The molecule has 1 aliphatic rings. The Morgan fingerprint density at radius 1 is 1.26 bits per heavy atom. The Hall–Kier alpha value is -1.99. The summed E-state index contributed by atoms with van der Waals surface area (Å²) in [5, 5.41) is 13.7. The van der Waals surface area contributed by atoms with E-state index in [1.165, 1.54) is 6.07 Å². The highest BCUT2D eigenvalue weighted by molar-refractivity contribution is 5.79. The van der Waals surface area contributed by atoms with Crippen LogP contribution in [0.15, 0.2) is 24.3 Å².